The summed E-state index contributed by atoms with van der Waals surface area (Å²) < 4.78 is 10.6. The summed E-state index contributed by atoms with van der Waals surface area (Å²) in [6, 6.07) is 1.57. The molecule has 0 spiro atoms. The minimum absolute atomic E-state index is 0.00806. The second-order valence-electron chi connectivity index (χ2n) is 6.79. The second kappa shape index (κ2) is 7.34. The molecule has 1 heterocycles. The molecule has 2 atom stereocenters. The van der Waals surface area contributed by atoms with Crippen LogP contribution in [0.15, 0.2) is 10.6 Å². The summed E-state index contributed by atoms with van der Waals surface area (Å²) >= 11 is 0. The van der Waals surface area contributed by atoms with Crippen LogP contribution in [-0.4, -0.2) is 47.2 Å². The zero-order chi connectivity index (χ0) is 17.9. The molecule has 1 aliphatic carbocycles. The second-order valence-corrected chi connectivity index (χ2v) is 6.79. The normalized spacial score (nSPS) is 21.9. The number of nitrogens with zero attached hydrogens (tertiary/aromatic N) is 2. The van der Waals surface area contributed by atoms with Gasteiger partial charge < -0.3 is 14.2 Å². The van der Waals surface area contributed by atoms with Crippen LogP contribution in [0.1, 0.15) is 46.3 Å². The van der Waals surface area contributed by atoms with Crippen molar-refractivity contribution in [2.45, 2.75) is 59.6 Å². The zero-order valence-corrected chi connectivity index (χ0v) is 15.1. The molecule has 0 aromatic carbocycles. The van der Waals surface area contributed by atoms with E-state index in [9.17, 15) is 9.59 Å². The van der Waals surface area contributed by atoms with Crippen LogP contribution < -0.4 is 5.32 Å². The van der Waals surface area contributed by atoms with Gasteiger partial charge in [-0.25, -0.2) is 0 Å². The Morgan fingerprint density at radius 1 is 1.46 bits per heavy atom. The number of aryl methyl sites for hydroxylation is 1. The molecular formula is C17H27N3O4. The van der Waals surface area contributed by atoms with Crippen LogP contribution in [0, 0.1) is 12.3 Å². The largest absolute Gasteiger partial charge is 0.378 e. The van der Waals surface area contributed by atoms with Crippen LogP contribution in [0.3, 0.4) is 0 Å². The predicted molar refractivity (Wildman–Crippen MR) is 89.5 cm³/mol. The third-order valence-electron chi connectivity index (χ3n) is 4.66. The summed E-state index contributed by atoms with van der Waals surface area (Å²) in [5.74, 6) is -0.400. The van der Waals surface area contributed by atoms with E-state index in [1.54, 1.807) is 17.9 Å². The number of hydrogen-bond donors (Lipinski definition) is 1. The van der Waals surface area contributed by atoms with Gasteiger partial charge in [0.1, 0.15) is 5.76 Å². The molecule has 1 saturated carbocycles. The summed E-state index contributed by atoms with van der Waals surface area (Å²) in [6.07, 6.45) is 1.65. The number of carbonyl (C=O) groups is 2. The number of anilines is 1. The molecule has 1 fully saturated rings. The van der Waals surface area contributed by atoms with Crippen LogP contribution in [-0.2, 0) is 14.3 Å². The molecule has 0 bridgehead atoms. The van der Waals surface area contributed by atoms with Gasteiger partial charge in [0.05, 0.1) is 6.10 Å². The third kappa shape index (κ3) is 3.61. The monoisotopic (exact) mass is 337 g/mol. The first-order valence-corrected chi connectivity index (χ1v) is 8.48. The Morgan fingerprint density at radius 3 is 2.67 bits per heavy atom. The molecule has 7 nitrogen and oxygen atoms in total. The average Bonchev–Trinajstić information content (AvgIpc) is 2.93. The van der Waals surface area contributed by atoms with Gasteiger partial charge in [-0.2, -0.15) is 0 Å². The molecule has 24 heavy (non-hydrogen) atoms. The molecule has 1 aromatic rings. The Morgan fingerprint density at radius 2 is 2.17 bits per heavy atom. The highest BCUT2D eigenvalue weighted by Crippen LogP contribution is 2.46. The van der Waals surface area contributed by atoms with E-state index in [1.807, 2.05) is 13.8 Å². The van der Waals surface area contributed by atoms with Gasteiger partial charge in [-0.1, -0.05) is 25.9 Å². The van der Waals surface area contributed by atoms with Crippen LogP contribution in [0.2, 0.25) is 0 Å². The number of hydrogen-bond acceptors (Lipinski definition) is 5. The first-order valence-electron chi connectivity index (χ1n) is 8.48. The van der Waals surface area contributed by atoms with Gasteiger partial charge in [0.15, 0.2) is 5.82 Å². The number of nitrogens with one attached hydrogen (secondary N) is 1. The SMILES string of the molecule is CCCN(C(=O)C(=O)Nc1cc(C)on1)C1CC(OCC)C1(C)C. The number of carbonyl (C=O) groups excluding carboxylic acids is 2. The minimum atomic E-state index is -0.688. The Bertz CT molecular complexity index is 596. The van der Waals surface area contributed by atoms with Crippen molar-refractivity contribution in [3.05, 3.63) is 11.8 Å². The Hall–Kier alpha value is -1.89. The third-order valence-corrected chi connectivity index (χ3v) is 4.66. The fourth-order valence-electron chi connectivity index (χ4n) is 3.24. The van der Waals surface area contributed by atoms with Gasteiger partial charge in [0.2, 0.25) is 0 Å². The number of aromatic nitrogens is 1. The molecule has 2 unspecified atom stereocenters. The van der Waals surface area contributed by atoms with E-state index in [0.29, 0.717) is 18.9 Å². The van der Waals surface area contributed by atoms with Crippen molar-refractivity contribution in [3.63, 3.8) is 0 Å². The van der Waals surface area contributed by atoms with Crippen molar-refractivity contribution in [1.29, 1.82) is 0 Å². The first kappa shape index (κ1) is 18.4. The Labute approximate surface area is 142 Å². The van der Waals surface area contributed by atoms with Crippen LogP contribution in [0.25, 0.3) is 0 Å². The lowest BCUT2D eigenvalue weighted by Crippen LogP contribution is -2.64. The average molecular weight is 337 g/mol. The lowest BCUT2D eigenvalue weighted by molar-refractivity contribution is -0.169. The maximum atomic E-state index is 12.6. The molecule has 1 aliphatic rings. The Balaban J connectivity index is 2.06. The van der Waals surface area contributed by atoms with Gasteiger partial charge in [0, 0.05) is 30.7 Å². The first-order chi connectivity index (χ1) is 11.3. The molecular weight excluding hydrogens is 310 g/mol. The number of rotatable bonds is 6. The fraction of sp³-hybridized carbons (Fsp3) is 0.706. The molecule has 1 aromatic heterocycles. The lowest BCUT2D eigenvalue weighted by atomic mass is 9.63. The van der Waals surface area contributed by atoms with Crippen molar-refractivity contribution in [2.24, 2.45) is 5.41 Å². The summed E-state index contributed by atoms with van der Waals surface area (Å²) in [4.78, 5) is 26.6. The molecule has 2 amide bonds. The maximum absolute atomic E-state index is 12.6. The van der Waals surface area contributed by atoms with E-state index in [2.05, 4.69) is 24.3 Å². The number of ether oxygens (including phenoxy) is 1. The number of amides is 2. The summed E-state index contributed by atoms with van der Waals surface area (Å²) in [5.41, 5.74) is -0.175. The van der Waals surface area contributed by atoms with Gasteiger partial charge in [-0.3, -0.25) is 14.9 Å². The van der Waals surface area contributed by atoms with Gasteiger partial charge in [-0.05, 0) is 26.7 Å². The van der Waals surface area contributed by atoms with Crippen molar-refractivity contribution in [3.8, 4) is 0 Å². The van der Waals surface area contributed by atoms with Crippen LogP contribution >= 0.6 is 0 Å². The van der Waals surface area contributed by atoms with Crippen molar-refractivity contribution < 1.29 is 18.8 Å². The van der Waals surface area contributed by atoms with E-state index >= 15 is 0 Å². The van der Waals surface area contributed by atoms with Gasteiger partial charge in [0.25, 0.3) is 0 Å². The molecule has 1 N–H and O–H groups in total. The van der Waals surface area contributed by atoms with Crippen LogP contribution in [0.4, 0.5) is 5.82 Å². The highest BCUT2D eigenvalue weighted by atomic mass is 16.5. The quantitative estimate of drug-likeness (QED) is 0.806. The molecule has 7 heteroatoms. The fourth-order valence-corrected chi connectivity index (χ4v) is 3.24. The van der Waals surface area contributed by atoms with E-state index < -0.39 is 11.8 Å². The smallest absolute Gasteiger partial charge is 0.315 e. The van der Waals surface area contributed by atoms with Crippen molar-refractivity contribution in [1.82, 2.24) is 10.1 Å². The summed E-state index contributed by atoms with van der Waals surface area (Å²) in [6.45, 7) is 11.0. The van der Waals surface area contributed by atoms with Gasteiger partial charge >= 0.3 is 11.8 Å². The highest BCUT2D eigenvalue weighted by molar-refractivity contribution is 6.39. The topological polar surface area (TPSA) is 84.7 Å². The molecule has 134 valence electrons. The molecule has 2 rings (SSSR count). The molecule has 0 radical (unpaired) electrons. The molecule has 0 aliphatic heterocycles. The van der Waals surface area contributed by atoms with Crippen molar-refractivity contribution >= 4 is 17.6 Å². The molecule has 0 saturated heterocycles. The Kier molecular flexibility index (Phi) is 5.64. The standard InChI is InChI=1S/C17H27N3O4/c1-6-8-20(12-10-13(23-7-2)17(12,4)5)16(22)15(21)18-14-9-11(3)24-19-14/h9,12-13H,6-8,10H2,1-5H3,(H,18,19,21). The van der Waals surface area contributed by atoms with E-state index in [1.165, 1.54) is 0 Å². The van der Waals surface area contributed by atoms with Gasteiger partial charge in [-0.15, -0.1) is 0 Å². The summed E-state index contributed by atoms with van der Waals surface area (Å²) in [5, 5.41) is 6.19. The minimum Gasteiger partial charge on any atom is -0.378 e. The van der Waals surface area contributed by atoms with E-state index in [4.69, 9.17) is 9.26 Å². The van der Waals surface area contributed by atoms with Crippen molar-refractivity contribution in [2.75, 3.05) is 18.5 Å². The highest BCUT2D eigenvalue weighted by Gasteiger charge is 2.53. The van der Waals surface area contributed by atoms with E-state index in [0.717, 1.165) is 12.8 Å². The maximum Gasteiger partial charge on any atom is 0.315 e. The zero-order valence-electron chi connectivity index (χ0n) is 15.1. The lowest BCUT2D eigenvalue weighted by Gasteiger charge is -2.55. The van der Waals surface area contributed by atoms with Crippen LogP contribution in [0.5, 0.6) is 0 Å². The van der Waals surface area contributed by atoms with E-state index in [-0.39, 0.29) is 23.4 Å². The predicted octanol–water partition coefficient (Wildman–Crippen LogP) is 2.36. The summed E-state index contributed by atoms with van der Waals surface area (Å²) in [7, 11) is 0.